The number of aryl methyl sites for hydroxylation is 2. The van der Waals surface area contributed by atoms with Crippen molar-refractivity contribution in [2.75, 3.05) is 6.61 Å². The number of rotatable bonds is 6. The lowest BCUT2D eigenvalue weighted by Gasteiger charge is -2.14. The van der Waals surface area contributed by atoms with Gasteiger partial charge in [0.05, 0.1) is 6.61 Å². The van der Waals surface area contributed by atoms with Crippen molar-refractivity contribution < 1.29 is 9.90 Å². The van der Waals surface area contributed by atoms with Crippen LogP contribution >= 0.6 is 0 Å². The van der Waals surface area contributed by atoms with E-state index in [1.165, 1.54) is 10.6 Å². The summed E-state index contributed by atoms with van der Waals surface area (Å²) in [5.41, 5.74) is 1.50. The predicted octanol–water partition coefficient (Wildman–Crippen LogP) is 1.50. The normalized spacial score (nSPS) is 11.2. The monoisotopic (exact) mass is 342 g/mol. The zero-order valence-corrected chi connectivity index (χ0v) is 14.6. The maximum absolute atomic E-state index is 13.1. The Balaban J connectivity index is 2.72. The summed E-state index contributed by atoms with van der Waals surface area (Å²) in [6, 6.07) is 5.44. The maximum Gasteiger partial charge on any atom is 0.329 e. The van der Waals surface area contributed by atoms with Crippen molar-refractivity contribution in [1.82, 2.24) is 9.55 Å². The van der Waals surface area contributed by atoms with Gasteiger partial charge in [-0.05, 0) is 32.4 Å². The first kappa shape index (κ1) is 18.6. The fraction of sp³-hybridized carbons (Fsp3) is 0.316. The fourth-order valence-corrected chi connectivity index (χ4v) is 2.87. The van der Waals surface area contributed by atoms with Crippen LogP contribution in [0.2, 0.25) is 0 Å². The highest BCUT2D eigenvalue weighted by atomic mass is 16.2. The summed E-state index contributed by atoms with van der Waals surface area (Å²) in [5, 5.41) is 8.88. The Morgan fingerprint density at radius 1 is 1.16 bits per heavy atom. The van der Waals surface area contributed by atoms with E-state index < -0.39 is 11.2 Å². The summed E-state index contributed by atoms with van der Waals surface area (Å²) in [6.45, 7) is 5.47. The molecule has 1 aromatic heterocycles. The Bertz CT molecular complexity index is 915. The lowest BCUT2D eigenvalue weighted by atomic mass is 9.99. The number of aliphatic hydroxyl groups is 1. The van der Waals surface area contributed by atoms with Gasteiger partial charge in [0, 0.05) is 17.7 Å². The number of H-pyrrole nitrogens is 1. The number of ketones is 1. The Hall–Kier alpha value is -2.73. The molecule has 0 saturated heterocycles. The van der Waals surface area contributed by atoms with Crippen molar-refractivity contribution in [3.05, 3.63) is 79.1 Å². The summed E-state index contributed by atoms with van der Waals surface area (Å²) >= 11 is 0. The molecule has 6 heteroatoms. The molecule has 0 aliphatic carbocycles. The third-order valence-electron chi connectivity index (χ3n) is 3.91. The standard InChI is InChI=1S/C19H22N2O4/c1-4-15-16(17(23)14-10-12(2)9-13(3)11-14)21(7-5-6-8-22)19(25)20-18(15)24/h5-6,9-11,22H,4,7-8H2,1-3H3,(H,20,24,25)/b6-5+. The molecule has 0 amide bonds. The van der Waals surface area contributed by atoms with E-state index in [9.17, 15) is 14.4 Å². The molecule has 132 valence electrons. The number of aliphatic hydroxyl groups excluding tert-OH is 1. The van der Waals surface area contributed by atoms with Gasteiger partial charge in [-0.2, -0.15) is 0 Å². The molecule has 0 bridgehead atoms. The third-order valence-corrected chi connectivity index (χ3v) is 3.91. The molecule has 0 radical (unpaired) electrons. The summed E-state index contributed by atoms with van der Waals surface area (Å²) in [6.07, 6.45) is 3.39. The van der Waals surface area contributed by atoms with Gasteiger partial charge in [-0.25, -0.2) is 4.79 Å². The van der Waals surface area contributed by atoms with Gasteiger partial charge in [0.2, 0.25) is 5.78 Å². The van der Waals surface area contributed by atoms with Gasteiger partial charge in [0.15, 0.2) is 0 Å². The van der Waals surface area contributed by atoms with Gasteiger partial charge < -0.3 is 5.11 Å². The second-order valence-corrected chi connectivity index (χ2v) is 5.91. The molecule has 2 rings (SSSR count). The number of aromatic amines is 1. The Kier molecular flexibility index (Phi) is 5.88. The minimum atomic E-state index is -0.641. The SMILES string of the molecule is CCc1c(C(=O)c2cc(C)cc(C)c2)n(C/C=C/CO)c(=O)[nH]c1=O. The molecule has 0 unspecified atom stereocenters. The second kappa shape index (κ2) is 7.90. The smallest absolute Gasteiger partial charge is 0.329 e. The second-order valence-electron chi connectivity index (χ2n) is 5.91. The highest BCUT2D eigenvalue weighted by Crippen LogP contribution is 2.15. The van der Waals surface area contributed by atoms with E-state index in [4.69, 9.17) is 5.11 Å². The summed E-state index contributed by atoms with van der Waals surface area (Å²) in [7, 11) is 0. The average Bonchev–Trinajstić information content (AvgIpc) is 2.55. The number of nitrogens with one attached hydrogen (secondary N) is 1. The van der Waals surface area contributed by atoms with E-state index >= 15 is 0 Å². The third kappa shape index (κ3) is 4.03. The Morgan fingerprint density at radius 2 is 1.80 bits per heavy atom. The highest BCUT2D eigenvalue weighted by Gasteiger charge is 2.21. The average molecular weight is 342 g/mol. The first-order valence-corrected chi connectivity index (χ1v) is 8.13. The van der Waals surface area contributed by atoms with Gasteiger partial charge in [-0.15, -0.1) is 0 Å². The number of hydrogen-bond donors (Lipinski definition) is 2. The van der Waals surface area contributed by atoms with Crippen molar-refractivity contribution in [3.63, 3.8) is 0 Å². The molecule has 2 aromatic rings. The van der Waals surface area contributed by atoms with E-state index in [0.29, 0.717) is 12.0 Å². The van der Waals surface area contributed by atoms with E-state index in [2.05, 4.69) is 4.98 Å². The zero-order valence-electron chi connectivity index (χ0n) is 14.6. The zero-order chi connectivity index (χ0) is 18.6. The van der Waals surface area contributed by atoms with Crippen molar-refractivity contribution in [1.29, 1.82) is 0 Å². The number of hydrogen-bond acceptors (Lipinski definition) is 4. The molecule has 0 atom stereocenters. The van der Waals surface area contributed by atoms with Crippen LogP contribution in [0.4, 0.5) is 0 Å². The molecule has 0 aliphatic rings. The van der Waals surface area contributed by atoms with Gasteiger partial charge >= 0.3 is 5.69 Å². The minimum Gasteiger partial charge on any atom is -0.392 e. The van der Waals surface area contributed by atoms with E-state index in [1.807, 2.05) is 19.9 Å². The highest BCUT2D eigenvalue weighted by molar-refractivity contribution is 6.09. The number of carbonyl (C=O) groups excluding carboxylic acids is 1. The van der Waals surface area contributed by atoms with Crippen LogP contribution in [-0.2, 0) is 13.0 Å². The first-order chi connectivity index (χ1) is 11.9. The molecular weight excluding hydrogens is 320 g/mol. The van der Waals surface area contributed by atoms with Crippen molar-refractivity contribution >= 4 is 5.78 Å². The number of benzene rings is 1. The summed E-state index contributed by atoms with van der Waals surface area (Å²) < 4.78 is 1.24. The van der Waals surface area contributed by atoms with E-state index in [-0.39, 0.29) is 30.2 Å². The molecule has 25 heavy (non-hydrogen) atoms. The number of allylic oxidation sites excluding steroid dienone is 1. The van der Waals surface area contributed by atoms with Gasteiger partial charge in [0.1, 0.15) is 5.69 Å². The van der Waals surface area contributed by atoms with Crippen molar-refractivity contribution in [3.8, 4) is 0 Å². The molecule has 1 aromatic carbocycles. The predicted molar refractivity (Wildman–Crippen MR) is 96.3 cm³/mol. The fourth-order valence-electron chi connectivity index (χ4n) is 2.87. The topological polar surface area (TPSA) is 92.2 Å². The molecule has 1 heterocycles. The lowest BCUT2D eigenvalue weighted by molar-refractivity contribution is 0.102. The van der Waals surface area contributed by atoms with Crippen LogP contribution in [-0.4, -0.2) is 27.0 Å². The number of nitrogens with zero attached hydrogens (tertiary/aromatic N) is 1. The quantitative estimate of drug-likeness (QED) is 0.615. The Morgan fingerprint density at radius 3 is 2.36 bits per heavy atom. The van der Waals surface area contributed by atoms with Crippen LogP contribution in [0.3, 0.4) is 0 Å². The number of aromatic nitrogens is 2. The van der Waals surface area contributed by atoms with Crippen LogP contribution < -0.4 is 11.2 Å². The molecule has 0 aliphatic heterocycles. The van der Waals surface area contributed by atoms with Gasteiger partial charge in [0.25, 0.3) is 5.56 Å². The molecule has 0 saturated carbocycles. The van der Waals surface area contributed by atoms with E-state index in [0.717, 1.165) is 11.1 Å². The molecule has 0 fully saturated rings. The summed E-state index contributed by atoms with van der Waals surface area (Å²) in [4.78, 5) is 39.8. The summed E-state index contributed by atoms with van der Waals surface area (Å²) in [5.74, 6) is -0.357. The molecule has 0 spiro atoms. The van der Waals surface area contributed by atoms with Gasteiger partial charge in [-0.1, -0.05) is 36.3 Å². The lowest BCUT2D eigenvalue weighted by Crippen LogP contribution is -2.37. The van der Waals surface area contributed by atoms with Crippen LogP contribution in [0, 0.1) is 13.8 Å². The van der Waals surface area contributed by atoms with Crippen LogP contribution in [0.25, 0.3) is 0 Å². The van der Waals surface area contributed by atoms with Crippen molar-refractivity contribution in [2.24, 2.45) is 0 Å². The first-order valence-electron chi connectivity index (χ1n) is 8.13. The molecule has 6 nitrogen and oxygen atoms in total. The van der Waals surface area contributed by atoms with Crippen LogP contribution in [0.5, 0.6) is 0 Å². The maximum atomic E-state index is 13.1. The molecule has 2 N–H and O–H groups in total. The van der Waals surface area contributed by atoms with Gasteiger partial charge in [-0.3, -0.25) is 19.1 Å². The Labute approximate surface area is 145 Å². The van der Waals surface area contributed by atoms with E-state index in [1.54, 1.807) is 25.1 Å². The van der Waals surface area contributed by atoms with Crippen LogP contribution in [0.15, 0.2) is 39.9 Å². The molecular formula is C19H22N2O4. The largest absolute Gasteiger partial charge is 0.392 e. The van der Waals surface area contributed by atoms with Crippen LogP contribution in [0.1, 0.15) is 39.7 Å². The minimum absolute atomic E-state index is 0.0923. The number of carbonyl (C=O) groups is 1. The van der Waals surface area contributed by atoms with Crippen molar-refractivity contribution in [2.45, 2.75) is 33.7 Å².